The van der Waals surface area contributed by atoms with Crippen LogP contribution in [0.2, 0.25) is 0 Å². The highest BCUT2D eigenvalue weighted by molar-refractivity contribution is 7.99. The quantitative estimate of drug-likeness (QED) is 0.461. The fourth-order valence-electron chi connectivity index (χ4n) is 1.30. The van der Waals surface area contributed by atoms with E-state index in [1.54, 1.807) is 31.7 Å². The fourth-order valence-corrected chi connectivity index (χ4v) is 2.04. The second-order valence-corrected chi connectivity index (χ2v) is 4.27. The van der Waals surface area contributed by atoms with E-state index in [4.69, 9.17) is 4.74 Å². The number of thioether (sulfide) groups is 1. The zero-order valence-corrected chi connectivity index (χ0v) is 10.6. The Bertz CT molecular complexity index is 567. The molecule has 0 atom stereocenters. The van der Waals surface area contributed by atoms with E-state index in [0.717, 1.165) is 10.7 Å². The van der Waals surface area contributed by atoms with Gasteiger partial charge in [-0.15, -0.1) is 5.10 Å². The van der Waals surface area contributed by atoms with Gasteiger partial charge in [-0.05, 0) is 6.92 Å². The van der Waals surface area contributed by atoms with E-state index < -0.39 is 0 Å². The molecule has 0 amide bonds. The SMILES string of the molecule is CCOC(=O)/C=C/CSc1nncc2cncn12. The van der Waals surface area contributed by atoms with Crippen LogP contribution in [-0.4, -0.2) is 37.9 Å². The summed E-state index contributed by atoms with van der Waals surface area (Å²) >= 11 is 1.47. The molecule has 0 aliphatic heterocycles. The molecule has 0 aliphatic rings. The molecule has 0 bridgehead atoms. The van der Waals surface area contributed by atoms with Gasteiger partial charge in [-0.1, -0.05) is 17.8 Å². The summed E-state index contributed by atoms with van der Waals surface area (Å²) in [5, 5.41) is 8.63. The van der Waals surface area contributed by atoms with Gasteiger partial charge < -0.3 is 4.74 Å². The zero-order chi connectivity index (χ0) is 12.8. The Balaban J connectivity index is 1.94. The summed E-state index contributed by atoms with van der Waals surface area (Å²) in [6.45, 7) is 2.16. The van der Waals surface area contributed by atoms with Gasteiger partial charge in [0.2, 0.25) is 0 Å². The second kappa shape index (κ2) is 6.15. The molecule has 2 aromatic rings. The summed E-state index contributed by atoms with van der Waals surface area (Å²) < 4.78 is 6.62. The van der Waals surface area contributed by atoms with E-state index in [-0.39, 0.29) is 5.97 Å². The van der Waals surface area contributed by atoms with Crippen molar-refractivity contribution in [1.82, 2.24) is 19.6 Å². The van der Waals surface area contributed by atoms with Crippen LogP contribution in [0.1, 0.15) is 6.92 Å². The molecule has 0 spiro atoms. The first-order valence-electron chi connectivity index (χ1n) is 5.41. The van der Waals surface area contributed by atoms with Crippen LogP contribution in [0.4, 0.5) is 0 Å². The Kier molecular flexibility index (Phi) is 4.30. The van der Waals surface area contributed by atoms with Crippen molar-refractivity contribution in [2.45, 2.75) is 12.1 Å². The molecule has 0 saturated carbocycles. The van der Waals surface area contributed by atoms with Gasteiger partial charge in [0.25, 0.3) is 0 Å². The Morgan fingerprint density at radius 1 is 1.56 bits per heavy atom. The lowest BCUT2D eigenvalue weighted by molar-refractivity contribution is -0.137. The molecule has 2 heterocycles. The van der Waals surface area contributed by atoms with E-state index in [2.05, 4.69) is 15.2 Å². The predicted octanol–water partition coefficient (Wildman–Crippen LogP) is 1.34. The number of carbonyl (C=O) groups is 1. The maximum atomic E-state index is 11.1. The van der Waals surface area contributed by atoms with E-state index in [1.165, 1.54) is 17.8 Å². The average Bonchev–Trinajstić information content (AvgIpc) is 2.84. The van der Waals surface area contributed by atoms with Crippen LogP contribution in [-0.2, 0) is 9.53 Å². The number of imidazole rings is 1. The van der Waals surface area contributed by atoms with E-state index in [9.17, 15) is 4.79 Å². The van der Waals surface area contributed by atoms with Crippen molar-refractivity contribution in [3.8, 4) is 0 Å². The molecule has 0 fully saturated rings. The van der Waals surface area contributed by atoms with Gasteiger partial charge in [0.1, 0.15) is 6.33 Å². The number of carbonyl (C=O) groups excluding carboxylic acids is 1. The third kappa shape index (κ3) is 3.07. The Morgan fingerprint density at radius 2 is 2.44 bits per heavy atom. The van der Waals surface area contributed by atoms with Gasteiger partial charge >= 0.3 is 5.97 Å². The predicted molar refractivity (Wildman–Crippen MR) is 67.3 cm³/mol. The Hall–Kier alpha value is -1.89. The number of aromatic nitrogens is 4. The lowest BCUT2D eigenvalue weighted by Crippen LogP contribution is -1.99. The minimum atomic E-state index is -0.329. The monoisotopic (exact) mass is 264 g/mol. The average molecular weight is 264 g/mol. The van der Waals surface area contributed by atoms with Crippen LogP contribution >= 0.6 is 11.8 Å². The number of nitrogens with zero attached hydrogens (tertiary/aromatic N) is 4. The molecule has 2 aromatic heterocycles. The molecular formula is C11H12N4O2S. The van der Waals surface area contributed by atoms with Gasteiger partial charge in [-0.25, -0.2) is 9.78 Å². The highest BCUT2D eigenvalue weighted by Gasteiger charge is 2.02. The van der Waals surface area contributed by atoms with E-state index >= 15 is 0 Å². The first kappa shape index (κ1) is 12.6. The van der Waals surface area contributed by atoms with Crippen LogP contribution in [0.3, 0.4) is 0 Å². The van der Waals surface area contributed by atoms with Gasteiger partial charge in [-0.3, -0.25) is 4.40 Å². The summed E-state index contributed by atoms with van der Waals surface area (Å²) in [6.07, 6.45) is 8.19. The summed E-state index contributed by atoms with van der Waals surface area (Å²) in [7, 11) is 0. The number of rotatable bonds is 5. The molecule has 0 radical (unpaired) electrons. The van der Waals surface area contributed by atoms with Crippen molar-refractivity contribution < 1.29 is 9.53 Å². The van der Waals surface area contributed by atoms with Crippen molar-refractivity contribution in [2.24, 2.45) is 0 Å². The van der Waals surface area contributed by atoms with Crippen LogP contribution in [0, 0.1) is 0 Å². The Labute approximate surface area is 108 Å². The number of hydrogen-bond donors (Lipinski definition) is 0. The molecule has 18 heavy (non-hydrogen) atoms. The third-order valence-electron chi connectivity index (χ3n) is 2.06. The lowest BCUT2D eigenvalue weighted by atomic mass is 10.5. The zero-order valence-electron chi connectivity index (χ0n) is 9.81. The third-order valence-corrected chi connectivity index (χ3v) is 2.95. The van der Waals surface area contributed by atoms with Crippen LogP contribution in [0.25, 0.3) is 5.52 Å². The van der Waals surface area contributed by atoms with Crippen LogP contribution < -0.4 is 0 Å². The van der Waals surface area contributed by atoms with Crippen molar-refractivity contribution in [3.63, 3.8) is 0 Å². The molecule has 0 saturated heterocycles. The summed E-state index contributed by atoms with van der Waals surface area (Å²) in [4.78, 5) is 15.1. The molecule has 0 unspecified atom stereocenters. The summed E-state index contributed by atoms with van der Waals surface area (Å²) in [5.74, 6) is 0.287. The fraction of sp³-hybridized carbons (Fsp3) is 0.273. The molecule has 0 aromatic carbocycles. The van der Waals surface area contributed by atoms with Crippen molar-refractivity contribution in [3.05, 3.63) is 30.9 Å². The van der Waals surface area contributed by atoms with Crippen LogP contribution in [0.5, 0.6) is 0 Å². The largest absolute Gasteiger partial charge is 0.463 e. The van der Waals surface area contributed by atoms with Crippen molar-refractivity contribution in [2.75, 3.05) is 12.4 Å². The first-order chi connectivity index (χ1) is 8.81. The highest BCUT2D eigenvalue weighted by atomic mass is 32.2. The molecule has 6 nitrogen and oxygen atoms in total. The maximum absolute atomic E-state index is 11.1. The number of hydrogen-bond acceptors (Lipinski definition) is 6. The highest BCUT2D eigenvalue weighted by Crippen LogP contribution is 2.15. The summed E-state index contributed by atoms with van der Waals surface area (Å²) in [5.41, 5.74) is 0.891. The lowest BCUT2D eigenvalue weighted by Gasteiger charge is -2.00. The molecule has 0 N–H and O–H groups in total. The molecule has 7 heteroatoms. The minimum absolute atomic E-state index is 0.329. The second-order valence-electron chi connectivity index (χ2n) is 3.28. The number of esters is 1. The minimum Gasteiger partial charge on any atom is -0.463 e. The van der Waals surface area contributed by atoms with Gasteiger partial charge in [-0.2, -0.15) is 5.10 Å². The number of ether oxygens (including phenoxy) is 1. The number of fused-ring (bicyclic) bond motifs is 1. The van der Waals surface area contributed by atoms with E-state index in [0.29, 0.717) is 12.4 Å². The topological polar surface area (TPSA) is 69.4 Å². The molecule has 2 rings (SSSR count). The van der Waals surface area contributed by atoms with Gasteiger partial charge in [0.15, 0.2) is 5.16 Å². The molecular weight excluding hydrogens is 252 g/mol. The van der Waals surface area contributed by atoms with E-state index in [1.807, 2.05) is 4.40 Å². The normalized spacial score (nSPS) is 11.2. The Morgan fingerprint density at radius 3 is 3.28 bits per heavy atom. The molecule has 94 valence electrons. The van der Waals surface area contributed by atoms with Crippen LogP contribution in [0.15, 0.2) is 36.0 Å². The summed E-state index contributed by atoms with van der Waals surface area (Å²) in [6, 6.07) is 0. The smallest absolute Gasteiger partial charge is 0.330 e. The standard InChI is InChI=1S/C11H12N4O2S/c1-2-17-10(16)4-3-5-18-11-14-13-7-9-6-12-8-15(9)11/h3-4,6-8H,2,5H2,1H3/b4-3+. The first-order valence-corrected chi connectivity index (χ1v) is 6.39. The van der Waals surface area contributed by atoms with Gasteiger partial charge in [0.05, 0.1) is 24.5 Å². The van der Waals surface area contributed by atoms with Crippen molar-refractivity contribution in [1.29, 1.82) is 0 Å². The molecule has 0 aliphatic carbocycles. The van der Waals surface area contributed by atoms with Gasteiger partial charge in [0, 0.05) is 11.8 Å². The van der Waals surface area contributed by atoms with Crippen molar-refractivity contribution >= 4 is 23.2 Å². The maximum Gasteiger partial charge on any atom is 0.330 e.